The first kappa shape index (κ1) is 21.6. The number of imidazole rings is 2. The molecule has 2 aromatic carbocycles. The summed E-state index contributed by atoms with van der Waals surface area (Å²) >= 11 is 0. The molecule has 0 bridgehead atoms. The molecule has 3 N–H and O–H groups in total. The number of carboxylic acid groups (broad SMARTS) is 1. The molecule has 0 atom stereocenters. The Morgan fingerprint density at radius 2 is 1.81 bits per heavy atom. The number of hydrogen-bond donors (Lipinski definition) is 2. The average molecular weight is 442 g/mol. The van der Waals surface area contributed by atoms with Crippen LogP contribution in [-0.4, -0.2) is 86.4 Å². The van der Waals surface area contributed by atoms with Crippen LogP contribution in [0.1, 0.15) is 10.5 Å². The number of anilines is 1. The van der Waals surface area contributed by atoms with Gasteiger partial charge in [0.05, 0.1) is 28.7 Å². The van der Waals surface area contributed by atoms with Gasteiger partial charge in [0.2, 0.25) is 0 Å². The van der Waals surface area contributed by atoms with Crippen molar-refractivity contribution >= 4 is 79.9 Å². The van der Waals surface area contributed by atoms with Gasteiger partial charge in [-0.05, 0) is 36.4 Å². The van der Waals surface area contributed by atoms with E-state index in [0.29, 0.717) is 17.0 Å². The summed E-state index contributed by atoms with van der Waals surface area (Å²) in [6, 6.07) is 11.5. The monoisotopic (exact) mass is 442 g/mol. The Labute approximate surface area is 218 Å². The summed E-state index contributed by atoms with van der Waals surface area (Å²) < 4.78 is 17.0. The van der Waals surface area contributed by atoms with Gasteiger partial charge in [0.15, 0.2) is 17.2 Å². The molecular weight excluding hydrogens is 426 g/mol. The Morgan fingerprint density at radius 3 is 2.52 bits per heavy atom. The van der Waals surface area contributed by atoms with Crippen LogP contribution in [0, 0.1) is 5.82 Å². The van der Waals surface area contributed by atoms with E-state index in [0.717, 1.165) is 16.6 Å². The topological polar surface area (TPSA) is 111 Å². The van der Waals surface area contributed by atoms with Crippen LogP contribution in [-0.2, 0) is 7.05 Å². The number of nitrogens with two attached hydrogens (primary N) is 1. The fraction of sp³-hybridized carbons (Fsp3) is 0.0476. The van der Waals surface area contributed by atoms with Crippen LogP contribution in [0.5, 0.6) is 0 Å². The number of aromatic carboxylic acids is 1. The van der Waals surface area contributed by atoms with Gasteiger partial charge in [-0.1, -0.05) is 6.07 Å². The zero-order valence-electron chi connectivity index (χ0n) is 15.7. The van der Waals surface area contributed by atoms with Crippen molar-refractivity contribution in [1.82, 2.24) is 23.9 Å². The summed E-state index contributed by atoms with van der Waals surface area (Å²) in [4.78, 5) is 24.5. The molecule has 0 fully saturated rings. The van der Waals surface area contributed by atoms with Gasteiger partial charge in [-0.25, -0.2) is 24.1 Å². The van der Waals surface area contributed by atoms with Crippen molar-refractivity contribution in [2.75, 3.05) is 5.73 Å². The van der Waals surface area contributed by atoms with Crippen LogP contribution in [0.4, 0.5) is 10.2 Å². The van der Waals surface area contributed by atoms with Gasteiger partial charge in [-0.3, -0.25) is 4.40 Å². The Morgan fingerprint density at radius 1 is 1.10 bits per heavy atom. The van der Waals surface area contributed by atoms with E-state index in [1.165, 1.54) is 18.3 Å². The third-order valence-electron chi connectivity index (χ3n) is 4.97. The second-order valence-corrected chi connectivity index (χ2v) is 6.89. The van der Waals surface area contributed by atoms with Crippen molar-refractivity contribution in [1.29, 1.82) is 0 Å². The number of rotatable bonds is 3. The number of nitrogens with zero attached hydrogens (tertiary/aromatic N) is 5. The van der Waals surface area contributed by atoms with Gasteiger partial charge in [0.1, 0.15) is 5.82 Å². The quantitative estimate of drug-likeness (QED) is 0.416. The molecule has 0 radical (unpaired) electrons. The number of nitrogen functional groups attached to an aromatic ring is 1. The summed E-state index contributed by atoms with van der Waals surface area (Å²) in [7, 11) is 1.89. The summed E-state index contributed by atoms with van der Waals surface area (Å²) in [6.45, 7) is 0. The van der Waals surface area contributed by atoms with Crippen molar-refractivity contribution in [3.8, 4) is 22.5 Å². The number of halogens is 1. The van der Waals surface area contributed by atoms with Gasteiger partial charge in [0, 0.05) is 24.4 Å². The molecule has 3 aromatic heterocycles. The number of carboxylic acids is 1. The van der Waals surface area contributed by atoms with Crippen LogP contribution in [0.15, 0.2) is 55.0 Å². The zero-order valence-corrected chi connectivity index (χ0v) is 15.7. The van der Waals surface area contributed by atoms with Crippen LogP contribution in [0.2, 0.25) is 0 Å². The van der Waals surface area contributed by atoms with Gasteiger partial charge < -0.3 is 15.4 Å². The summed E-state index contributed by atoms with van der Waals surface area (Å²) in [5.41, 5.74) is 10.4. The SMILES string of the molecule is Cn1cnc2ccc(-c3c(-c4ccc(F)cc4)nc(N)c4nc(C(=O)O)cn34)cc21.[KH]. The number of fused-ring (bicyclic) bond motifs is 2. The standard InChI is InChI=1S/C21H15FN6O2.K.H/c1-27-10-24-14-7-4-12(8-16(14)27)18-17(11-2-5-13(22)6-3-11)26-19(23)20-25-15(21(29)30)9-28(18)20;;/h2-10H,1H3,(H2,23,26)(H,29,30);;. The van der Waals surface area contributed by atoms with E-state index in [2.05, 4.69) is 15.0 Å². The van der Waals surface area contributed by atoms with Crippen LogP contribution in [0.25, 0.3) is 39.2 Å². The number of carbonyl (C=O) groups is 1. The third-order valence-corrected chi connectivity index (χ3v) is 4.97. The zero-order chi connectivity index (χ0) is 21.0. The van der Waals surface area contributed by atoms with Crippen LogP contribution < -0.4 is 5.73 Å². The van der Waals surface area contributed by atoms with E-state index in [9.17, 15) is 14.3 Å². The maximum absolute atomic E-state index is 13.5. The predicted molar refractivity (Wildman–Crippen MR) is 117 cm³/mol. The fourth-order valence-corrected chi connectivity index (χ4v) is 3.53. The molecule has 5 aromatic rings. The molecule has 0 saturated heterocycles. The fourth-order valence-electron chi connectivity index (χ4n) is 3.53. The van der Waals surface area contributed by atoms with E-state index in [1.54, 1.807) is 22.9 Å². The summed E-state index contributed by atoms with van der Waals surface area (Å²) in [5.74, 6) is -1.47. The second-order valence-electron chi connectivity index (χ2n) is 6.89. The first-order valence-corrected chi connectivity index (χ1v) is 9.01. The first-order valence-electron chi connectivity index (χ1n) is 9.01. The maximum atomic E-state index is 13.5. The second kappa shape index (κ2) is 8.13. The molecule has 3 heterocycles. The minimum absolute atomic E-state index is 0. The molecule has 0 aliphatic heterocycles. The van der Waals surface area contributed by atoms with E-state index in [4.69, 9.17) is 5.73 Å². The van der Waals surface area contributed by atoms with Gasteiger partial charge >= 0.3 is 57.4 Å². The van der Waals surface area contributed by atoms with E-state index in [-0.39, 0.29) is 74.4 Å². The molecular formula is C21H16FKN6O2. The number of hydrogen-bond acceptors (Lipinski definition) is 5. The summed E-state index contributed by atoms with van der Waals surface area (Å²) in [6.07, 6.45) is 3.12. The van der Waals surface area contributed by atoms with Crippen molar-refractivity contribution in [3.63, 3.8) is 0 Å². The van der Waals surface area contributed by atoms with E-state index >= 15 is 0 Å². The van der Waals surface area contributed by atoms with Crippen molar-refractivity contribution in [2.45, 2.75) is 0 Å². The predicted octanol–water partition coefficient (Wildman–Crippen LogP) is 2.72. The molecule has 0 amide bonds. The normalized spacial score (nSPS) is 11.0. The number of benzene rings is 2. The molecule has 5 rings (SSSR count). The van der Waals surface area contributed by atoms with Gasteiger partial charge in [0.25, 0.3) is 0 Å². The number of aryl methyl sites for hydroxylation is 1. The minimum atomic E-state index is -1.17. The Bertz CT molecular complexity index is 1460. The van der Waals surface area contributed by atoms with Crippen molar-refractivity contribution < 1.29 is 14.3 Å². The Kier molecular flexibility index (Phi) is 5.66. The molecule has 10 heteroatoms. The average Bonchev–Trinajstić information content (AvgIpc) is 3.33. The van der Waals surface area contributed by atoms with Crippen molar-refractivity contribution in [2.24, 2.45) is 7.05 Å². The molecule has 8 nitrogen and oxygen atoms in total. The van der Waals surface area contributed by atoms with Crippen molar-refractivity contribution in [3.05, 3.63) is 66.5 Å². The third kappa shape index (κ3) is 3.66. The Balaban J connectivity index is 0.00000231. The molecule has 0 spiro atoms. The molecule has 0 aliphatic rings. The molecule has 31 heavy (non-hydrogen) atoms. The van der Waals surface area contributed by atoms with E-state index in [1.807, 2.05) is 29.8 Å². The first-order chi connectivity index (χ1) is 14.4. The van der Waals surface area contributed by atoms with Crippen LogP contribution in [0.3, 0.4) is 0 Å². The number of aromatic nitrogens is 5. The molecule has 0 aliphatic carbocycles. The van der Waals surface area contributed by atoms with Gasteiger partial charge in [-0.15, -0.1) is 0 Å². The van der Waals surface area contributed by atoms with E-state index < -0.39 is 5.97 Å². The summed E-state index contributed by atoms with van der Waals surface area (Å²) in [5, 5.41) is 9.41. The molecule has 0 saturated carbocycles. The van der Waals surface area contributed by atoms with Gasteiger partial charge in [-0.2, -0.15) is 0 Å². The molecule has 150 valence electrons. The Hall–Kier alpha value is -2.63. The molecule has 0 unspecified atom stereocenters. The van der Waals surface area contributed by atoms with Crippen LogP contribution >= 0.6 is 0 Å².